The summed E-state index contributed by atoms with van der Waals surface area (Å²) in [7, 11) is 0. The minimum atomic E-state index is 0.639. The van der Waals surface area contributed by atoms with Gasteiger partial charge in [0.15, 0.2) is 0 Å². The molecule has 0 bridgehead atoms. The van der Waals surface area contributed by atoms with Crippen LogP contribution in [0.3, 0.4) is 0 Å². The normalized spacial score (nSPS) is 27.3. The first kappa shape index (κ1) is 13.4. The number of benzene rings is 1. The van der Waals surface area contributed by atoms with Crippen LogP contribution in [0, 0.1) is 13.8 Å². The molecule has 2 unspecified atom stereocenters. The van der Waals surface area contributed by atoms with Crippen molar-refractivity contribution < 1.29 is 0 Å². The molecule has 2 atom stereocenters. The summed E-state index contributed by atoms with van der Waals surface area (Å²) in [6, 6.07) is 5.93. The highest BCUT2D eigenvalue weighted by molar-refractivity contribution is 9.10. The number of hydrogen-bond donors (Lipinski definition) is 1. The summed E-state index contributed by atoms with van der Waals surface area (Å²) in [4.78, 5) is 2.68. The molecule has 1 N–H and O–H groups in total. The maximum absolute atomic E-state index is 3.79. The highest BCUT2D eigenvalue weighted by Crippen LogP contribution is 2.31. The molecule has 2 aliphatic rings. The second kappa shape index (κ2) is 5.45. The molecule has 0 aliphatic carbocycles. The minimum Gasteiger partial charge on any atom is -0.381 e. The Bertz CT molecular complexity index is 449. The summed E-state index contributed by atoms with van der Waals surface area (Å²) in [5.74, 6) is 0. The third-order valence-electron chi connectivity index (χ3n) is 4.64. The smallest absolute Gasteiger partial charge is 0.0429 e. The van der Waals surface area contributed by atoms with E-state index in [4.69, 9.17) is 0 Å². The van der Waals surface area contributed by atoms with E-state index in [2.05, 4.69) is 52.1 Å². The number of aryl methyl sites for hydroxylation is 2. The molecular formula is C16H23BrN2. The summed E-state index contributed by atoms with van der Waals surface area (Å²) in [5.41, 5.74) is 3.93. The third-order valence-corrected chi connectivity index (χ3v) is 5.90. The van der Waals surface area contributed by atoms with Gasteiger partial charge in [-0.3, -0.25) is 4.90 Å². The molecule has 0 radical (unpaired) electrons. The molecular weight excluding hydrogens is 300 g/mol. The average Bonchev–Trinajstić information content (AvgIpc) is 2.79. The van der Waals surface area contributed by atoms with Crippen molar-refractivity contribution >= 4 is 21.6 Å². The van der Waals surface area contributed by atoms with E-state index in [1.807, 2.05) is 0 Å². The molecule has 0 amide bonds. The monoisotopic (exact) mass is 322 g/mol. The Balaban J connectivity index is 1.75. The molecule has 104 valence electrons. The number of nitrogens with zero attached hydrogens (tertiary/aromatic N) is 1. The lowest BCUT2D eigenvalue weighted by Crippen LogP contribution is -2.41. The minimum absolute atomic E-state index is 0.639. The van der Waals surface area contributed by atoms with Gasteiger partial charge in [0.2, 0.25) is 0 Å². The summed E-state index contributed by atoms with van der Waals surface area (Å²) in [6.07, 6.45) is 5.45. The standard InChI is InChI=1S/C16H23BrN2/c1-11-9-13(10-12(2)16(11)17)18-14-6-8-19-7-4-3-5-15(14)19/h9-10,14-15,18H,3-8H2,1-2H3. The Labute approximate surface area is 124 Å². The van der Waals surface area contributed by atoms with Gasteiger partial charge in [0.1, 0.15) is 0 Å². The van der Waals surface area contributed by atoms with Crippen molar-refractivity contribution in [1.29, 1.82) is 0 Å². The first-order valence-electron chi connectivity index (χ1n) is 7.42. The maximum atomic E-state index is 3.79. The van der Waals surface area contributed by atoms with E-state index in [9.17, 15) is 0 Å². The van der Waals surface area contributed by atoms with Crippen LogP contribution in [0.2, 0.25) is 0 Å². The summed E-state index contributed by atoms with van der Waals surface area (Å²) in [5, 5.41) is 3.79. The average molecular weight is 323 g/mol. The second-order valence-corrected chi connectivity index (χ2v) is 6.86. The van der Waals surface area contributed by atoms with Crippen molar-refractivity contribution in [3.63, 3.8) is 0 Å². The third kappa shape index (κ3) is 2.68. The van der Waals surface area contributed by atoms with Crippen LogP contribution in [-0.2, 0) is 0 Å². The predicted octanol–water partition coefficient (Wildman–Crippen LogP) is 4.10. The zero-order valence-electron chi connectivity index (χ0n) is 11.9. The number of halogens is 1. The lowest BCUT2D eigenvalue weighted by Gasteiger charge is -2.33. The van der Waals surface area contributed by atoms with Gasteiger partial charge in [-0.15, -0.1) is 0 Å². The van der Waals surface area contributed by atoms with Gasteiger partial charge in [-0.1, -0.05) is 22.4 Å². The van der Waals surface area contributed by atoms with E-state index < -0.39 is 0 Å². The van der Waals surface area contributed by atoms with Crippen molar-refractivity contribution in [3.8, 4) is 0 Å². The van der Waals surface area contributed by atoms with Gasteiger partial charge in [-0.05, 0) is 62.9 Å². The Hall–Kier alpha value is -0.540. The van der Waals surface area contributed by atoms with Crippen LogP contribution < -0.4 is 5.32 Å². The number of fused-ring (bicyclic) bond motifs is 1. The molecule has 2 saturated heterocycles. The topological polar surface area (TPSA) is 15.3 Å². The SMILES string of the molecule is Cc1cc(NC2CCN3CCCCC23)cc(C)c1Br. The quantitative estimate of drug-likeness (QED) is 0.881. The van der Waals surface area contributed by atoms with Gasteiger partial charge in [-0.25, -0.2) is 0 Å². The highest BCUT2D eigenvalue weighted by atomic mass is 79.9. The molecule has 2 fully saturated rings. The van der Waals surface area contributed by atoms with Crippen LogP contribution in [0.4, 0.5) is 5.69 Å². The fourth-order valence-electron chi connectivity index (χ4n) is 3.66. The van der Waals surface area contributed by atoms with Crippen LogP contribution in [0.25, 0.3) is 0 Å². The number of anilines is 1. The van der Waals surface area contributed by atoms with Crippen molar-refractivity contribution in [1.82, 2.24) is 4.90 Å². The lowest BCUT2D eigenvalue weighted by atomic mass is 9.98. The van der Waals surface area contributed by atoms with Gasteiger partial charge < -0.3 is 5.32 Å². The fourth-order valence-corrected chi connectivity index (χ4v) is 3.89. The van der Waals surface area contributed by atoms with Gasteiger partial charge in [0, 0.05) is 28.8 Å². The molecule has 2 aliphatic heterocycles. The predicted molar refractivity (Wildman–Crippen MR) is 84.9 cm³/mol. The number of nitrogens with one attached hydrogen (secondary N) is 1. The largest absolute Gasteiger partial charge is 0.381 e. The van der Waals surface area contributed by atoms with Crippen LogP contribution in [-0.4, -0.2) is 30.1 Å². The van der Waals surface area contributed by atoms with Crippen molar-refractivity contribution in [2.75, 3.05) is 18.4 Å². The maximum Gasteiger partial charge on any atom is 0.0429 e. The van der Waals surface area contributed by atoms with Gasteiger partial charge in [0.05, 0.1) is 0 Å². The highest BCUT2D eigenvalue weighted by Gasteiger charge is 2.35. The van der Waals surface area contributed by atoms with Crippen molar-refractivity contribution in [2.24, 2.45) is 0 Å². The fraction of sp³-hybridized carbons (Fsp3) is 0.625. The summed E-state index contributed by atoms with van der Waals surface area (Å²) < 4.78 is 1.24. The van der Waals surface area contributed by atoms with E-state index >= 15 is 0 Å². The van der Waals surface area contributed by atoms with E-state index in [1.54, 1.807) is 0 Å². The first-order valence-corrected chi connectivity index (χ1v) is 8.22. The molecule has 0 saturated carbocycles. The van der Waals surface area contributed by atoms with Gasteiger partial charge in [0.25, 0.3) is 0 Å². The molecule has 0 aromatic heterocycles. The Morgan fingerprint density at radius 1 is 1.11 bits per heavy atom. The number of rotatable bonds is 2. The Morgan fingerprint density at radius 3 is 2.58 bits per heavy atom. The molecule has 0 spiro atoms. The summed E-state index contributed by atoms with van der Waals surface area (Å²) in [6.45, 7) is 6.92. The molecule has 2 nitrogen and oxygen atoms in total. The van der Waals surface area contributed by atoms with Crippen LogP contribution in [0.1, 0.15) is 36.8 Å². The van der Waals surface area contributed by atoms with E-state index in [1.165, 1.54) is 60.1 Å². The van der Waals surface area contributed by atoms with Crippen molar-refractivity contribution in [3.05, 3.63) is 27.7 Å². The number of hydrogen-bond acceptors (Lipinski definition) is 2. The molecule has 3 rings (SSSR count). The summed E-state index contributed by atoms with van der Waals surface area (Å²) >= 11 is 3.65. The van der Waals surface area contributed by atoms with Crippen LogP contribution in [0.15, 0.2) is 16.6 Å². The Morgan fingerprint density at radius 2 is 1.84 bits per heavy atom. The molecule has 1 aromatic rings. The molecule has 3 heteroatoms. The molecule has 1 aromatic carbocycles. The van der Waals surface area contributed by atoms with E-state index in [-0.39, 0.29) is 0 Å². The van der Waals surface area contributed by atoms with Gasteiger partial charge >= 0.3 is 0 Å². The van der Waals surface area contributed by atoms with E-state index in [0.717, 1.165) is 6.04 Å². The lowest BCUT2D eigenvalue weighted by molar-refractivity contribution is 0.193. The first-order chi connectivity index (χ1) is 9.15. The van der Waals surface area contributed by atoms with E-state index in [0.29, 0.717) is 6.04 Å². The Kier molecular flexibility index (Phi) is 3.86. The molecule has 19 heavy (non-hydrogen) atoms. The van der Waals surface area contributed by atoms with Crippen LogP contribution in [0.5, 0.6) is 0 Å². The van der Waals surface area contributed by atoms with Crippen LogP contribution >= 0.6 is 15.9 Å². The molecule has 2 heterocycles. The number of piperidine rings is 1. The second-order valence-electron chi connectivity index (χ2n) is 6.06. The van der Waals surface area contributed by atoms with Crippen molar-refractivity contribution in [2.45, 2.75) is 51.6 Å². The van der Waals surface area contributed by atoms with Gasteiger partial charge in [-0.2, -0.15) is 0 Å². The zero-order chi connectivity index (χ0) is 13.4. The zero-order valence-corrected chi connectivity index (χ0v) is 13.5.